The summed E-state index contributed by atoms with van der Waals surface area (Å²) in [5.41, 5.74) is 5.23. The minimum absolute atomic E-state index is 0.0209. The van der Waals surface area contributed by atoms with E-state index in [1.54, 1.807) is 0 Å². The number of piperidine rings is 1. The molecule has 6 heteroatoms. The molecule has 1 aliphatic heterocycles. The van der Waals surface area contributed by atoms with E-state index in [1.165, 1.54) is 12.0 Å². The first-order chi connectivity index (χ1) is 9.49. The van der Waals surface area contributed by atoms with Gasteiger partial charge in [-0.15, -0.1) is 0 Å². The summed E-state index contributed by atoms with van der Waals surface area (Å²) in [6.07, 6.45) is 3.64. The Morgan fingerprint density at radius 1 is 1.40 bits per heavy atom. The summed E-state index contributed by atoms with van der Waals surface area (Å²) in [7, 11) is 1.34. The first-order valence-corrected chi connectivity index (χ1v) is 7.21. The van der Waals surface area contributed by atoms with Gasteiger partial charge in [-0.05, 0) is 31.6 Å². The molecule has 1 saturated heterocycles. The van der Waals surface area contributed by atoms with Crippen LogP contribution in [0.3, 0.4) is 0 Å². The zero-order chi connectivity index (χ0) is 14.5. The maximum atomic E-state index is 11.9. The number of carbonyl (C=O) groups excluding carboxylic acids is 3. The van der Waals surface area contributed by atoms with Gasteiger partial charge in [-0.3, -0.25) is 19.3 Å². The van der Waals surface area contributed by atoms with Crippen LogP contribution in [0.15, 0.2) is 0 Å². The molecule has 4 atom stereocenters. The van der Waals surface area contributed by atoms with Crippen molar-refractivity contribution in [1.29, 1.82) is 0 Å². The Morgan fingerprint density at radius 2 is 2.05 bits per heavy atom. The molecule has 2 N–H and O–H groups in total. The Morgan fingerprint density at radius 3 is 2.65 bits per heavy atom. The summed E-state index contributed by atoms with van der Waals surface area (Å²) in [5.74, 6) is -0.615. The second-order valence-corrected chi connectivity index (χ2v) is 6.19. The number of rotatable bonds is 4. The molecule has 3 aliphatic rings. The highest BCUT2D eigenvalue weighted by Gasteiger charge is 2.59. The number of ether oxygens (including phenoxy) is 1. The molecule has 0 radical (unpaired) electrons. The lowest BCUT2D eigenvalue weighted by Crippen LogP contribution is -2.52. The van der Waals surface area contributed by atoms with Crippen LogP contribution < -0.4 is 5.73 Å². The van der Waals surface area contributed by atoms with E-state index in [1.807, 2.05) is 0 Å². The van der Waals surface area contributed by atoms with Gasteiger partial charge in [0.05, 0.1) is 18.9 Å². The molecule has 2 aliphatic carbocycles. The fourth-order valence-electron chi connectivity index (χ4n) is 3.72. The van der Waals surface area contributed by atoms with E-state index in [-0.39, 0.29) is 35.5 Å². The van der Waals surface area contributed by atoms with Gasteiger partial charge in [-0.25, -0.2) is 0 Å². The number of imide groups is 1. The predicted octanol–water partition coefficient (Wildman–Crippen LogP) is 0.0520. The molecular weight excluding hydrogens is 260 g/mol. The lowest BCUT2D eigenvalue weighted by molar-refractivity contribution is -0.148. The van der Waals surface area contributed by atoms with Crippen LogP contribution in [-0.4, -0.2) is 41.9 Å². The average molecular weight is 280 g/mol. The van der Waals surface area contributed by atoms with Crippen LogP contribution in [0.1, 0.15) is 32.1 Å². The van der Waals surface area contributed by atoms with Gasteiger partial charge in [0.1, 0.15) is 5.54 Å². The number of carbonyl (C=O) groups is 3. The third-order valence-electron chi connectivity index (χ3n) is 5.10. The average Bonchev–Trinajstić information content (AvgIpc) is 3.10. The van der Waals surface area contributed by atoms with Crippen molar-refractivity contribution in [2.24, 2.45) is 23.5 Å². The maximum absolute atomic E-state index is 11.9. The van der Waals surface area contributed by atoms with Gasteiger partial charge in [0.25, 0.3) is 0 Å². The lowest BCUT2D eigenvalue weighted by Gasteiger charge is -2.29. The summed E-state index contributed by atoms with van der Waals surface area (Å²) in [4.78, 5) is 37.0. The molecule has 0 aromatic heterocycles. The highest BCUT2D eigenvalue weighted by Crippen LogP contribution is 2.47. The predicted molar refractivity (Wildman–Crippen MR) is 69.2 cm³/mol. The molecular formula is C14H20N2O4. The summed E-state index contributed by atoms with van der Waals surface area (Å²) >= 11 is 0. The van der Waals surface area contributed by atoms with E-state index in [2.05, 4.69) is 0 Å². The van der Waals surface area contributed by atoms with Crippen LogP contribution in [0.2, 0.25) is 0 Å². The molecule has 2 saturated carbocycles. The summed E-state index contributed by atoms with van der Waals surface area (Å²) in [6.45, 7) is 0.380. The number of nitrogens with zero attached hydrogens (tertiary/aromatic N) is 1. The molecule has 3 fully saturated rings. The number of amides is 2. The fourth-order valence-corrected chi connectivity index (χ4v) is 3.72. The quantitative estimate of drug-likeness (QED) is 0.580. The van der Waals surface area contributed by atoms with E-state index in [0.29, 0.717) is 19.4 Å². The maximum Gasteiger partial charge on any atom is 0.326 e. The van der Waals surface area contributed by atoms with Crippen molar-refractivity contribution >= 4 is 17.8 Å². The van der Waals surface area contributed by atoms with E-state index >= 15 is 0 Å². The molecule has 0 aromatic rings. The highest BCUT2D eigenvalue weighted by molar-refractivity contribution is 6.08. The van der Waals surface area contributed by atoms with Crippen LogP contribution in [0, 0.1) is 17.8 Å². The third kappa shape index (κ3) is 1.85. The van der Waals surface area contributed by atoms with Crippen LogP contribution in [0.5, 0.6) is 0 Å². The van der Waals surface area contributed by atoms with Crippen molar-refractivity contribution in [2.45, 2.75) is 37.6 Å². The molecule has 3 rings (SSSR count). The van der Waals surface area contributed by atoms with Gasteiger partial charge < -0.3 is 10.5 Å². The van der Waals surface area contributed by atoms with Gasteiger partial charge in [-0.1, -0.05) is 6.42 Å². The molecule has 0 aromatic carbocycles. The Hall–Kier alpha value is -1.43. The summed E-state index contributed by atoms with van der Waals surface area (Å²) in [5, 5.41) is 0. The SMILES string of the molecule is COC(=O)C1(N)CCCC1CCN1C(=O)C2CC2C1=O. The topological polar surface area (TPSA) is 89.7 Å². The molecule has 6 nitrogen and oxygen atoms in total. The standard InChI is InChI=1S/C14H20N2O4/c1-20-13(19)14(15)5-2-3-8(14)4-6-16-11(17)9-7-10(9)12(16)18/h8-10H,2-7,15H2,1H3. The zero-order valence-electron chi connectivity index (χ0n) is 11.6. The van der Waals surface area contributed by atoms with Crippen molar-refractivity contribution in [3.05, 3.63) is 0 Å². The van der Waals surface area contributed by atoms with Crippen LogP contribution in [-0.2, 0) is 19.1 Å². The van der Waals surface area contributed by atoms with Crippen LogP contribution in [0.4, 0.5) is 0 Å². The largest absolute Gasteiger partial charge is 0.468 e. The number of hydrogen-bond donors (Lipinski definition) is 1. The Labute approximate surface area is 117 Å². The van der Waals surface area contributed by atoms with E-state index in [0.717, 1.165) is 19.3 Å². The van der Waals surface area contributed by atoms with Gasteiger partial charge in [0, 0.05) is 6.54 Å². The first kappa shape index (κ1) is 13.5. The first-order valence-electron chi connectivity index (χ1n) is 7.21. The molecule has 2 amide bonds. The Balaban J connectivity index is 1.62. The van der Waals surface area contributed by atoms with Gasteiger partial charge in [0.2, 0.25) is 11.8 Å². The minimum Gasteiger partial charge on any atom is -0.468 e. The second kappa shape index (κ2) is 4.55. The van der Waals surface area contributed by atoms with E-state index in [4.69, 9.17) is 10.5 Å². The normalized spacial score (nSPS) is 39.1. The molecule has 0 spiro atoms. The molecule has 20 heavy (non-hydrogen) atoms. The van der Waals surface area contributed by atoms with Crippen LogP contribution in [0.25, 0.3) is 0 Å². The Bertz CT molecular complexity index is 458. The van der Waals surface area contributed by atoms with Gasteiger partial charge in [-0.2, -0.15) is 0 Å². The number of fused-ring (bicyclic) bond motifs is 1. The van der Waals surface area contributed by atoms with E-state index in [9.17, 15) is 14.4 Å². The number of nitrogens with two attached hydrogens (primary N) is 1. The third-order valence-corrected chi connectivity index (χ3v) is 5.10. The zero-order valence-corrected chi connectivity index (χ0v) is 11.6. The van der Waals surface area contributed by atoms with Gasteiger partial charge >= 0.3 is 5.97 Å². The number of hydrogen-bond acceptors (Lipinski definition) is 5. The summed E-state index contributed by atoms with van der Waals surface area (Å²) < 4.78 is 4.79. The molecule has 4 unspecified atom stereocenters. The van der Waals surface area contributed by atoms with E-state index < -0.39 is 5.54 Å². The Kier molecular flexibility index (Phi) is 3.08. The van der Waals surface area contributed by atoms with Crippen molar-refractivity contribution in [3.63, 3.8) is 0 Å². The number of esters is 1. The van der Waals surface area contributed by atoms with Crippen molar-refractivity contribution in [1.82, 2.24) is 4.90 Å². The lowest BCUT2D eigenvalue weighted by atomic mass is 9.85. The van der Waals surface area contributed by atoms with Crippen molar-refractivity contribution < 1.29 is 19.1 Å². The smallest absolute Gasteiger partial charge is 0.326 e. The summed E-state index contributed by atoms with van der Waals surface area (Å²) in [6, 6.07) is 0. The molecule has 110 valence electrons. The highest BCUT2D eigenvalue weighted by atomic mass is 16.5. The van der Waals surface area contributed by atoms with Gasteiger partial charge in [0.15, 0.2) is 0 Å². The number of methoxy groups -OCH3 is 1. The monoisotopic (exact) mass is 280 g/mol. The van der Waals surface area contributed by atoms with Crippen molar-refractivity contribution in [3.8, 4) is 0 Å². The molecule has 0 bridgehead atoms. The van der Waals surface area contributed by atoms with Crippen molar-refractivity contribution in [2.75, 3.05) is 13.7 Å². The fraction of sp³-hybridized carbons (Fsp3) is 0.786. The molecule has 1 heterocycles. The number of likely N-dealkylation sites (tertiary alicyclic amines) is 1. The minimum atomic E-state index is -0.955. The van der Waals surface area contributed by atoms with Crippen LogP contribution >= 0.6 is 0 Å². The second-order valence-electron chi connectivity index (χ2n) is 6.19.